The molecule has 0 bridgehead atoms. The van der Waals surface area contributed by atoms with Crippen molar-refractivity contribution in [1.29, 1.82) is 0 Å². The Morgan fingerprint density at radius 1 is 0.640 bits per heavy atom. The lowest BCUT2D eigenvalue weighted by Crippen LogP contribution is -2.34. The summed E-state index contributed by atoms with van der Waals surface area (Å²) in [4.78, 5) is 45.6. The second-order valence-electron chi connectivity index (χ2n) is 11.7. The summed E-state index contributed by atoms with van der Waals surface area (Å²) >= 11 is 0. The summed E-state index contributed by atoms with van der Waals surface area (Å²) < 4.78 is 32.4. The van der Waals surface area contributed by atoms with Gasteiger partial charge in [-0.15, -0.1) is 0 Å². The molecule has 0 aromatic rings. The lowest BCUT2D eigenvalue weighted by molar-refractivity contribution is -0.161. The van der Waals surface area contributed by atoms with Crippen LogP contribution in [-0.4, -0.2) is 59.9 Å². The van der Waals surface area contributed by atoms with E-state index in [-0.39, 0.29) is 19.4 Å². The number of carboxylic acid groups (broad SMARTS) is 1. The normalized spacial score (nSPS) is 14.8. The highest BCUT2D eigenvalue weighted by atomic mass is 31.2. The predicted octanol–water partition coefficient (Wildman–Crippen LogP) is 8.61. The Morgan fingerprint density at radius 2 is 1.16 bits per heavy atom. The van der Waals surface area contributed by atoms with Gasteiger partial charge in [-0.1, -0.05) is 125 Å². The SMILES string of the molecule is CC/C=C/C=C/C=C/C=C/C=C/CCCC(=O)OC(COC(=O)CCCCC/C=C/CCCCCCCC)COP(=O)(O)OC[C@H](N)C(=O)O. The number of hydrogen-bond donors (Lipinski definition) is 3. The molecule has 3 atom stereocenters. The molecule has 0 aromatic heterocycles. The molecule has 0 amide bonds. The molecule has 0 radical (unpaired) electrons. The number of allylic oxidation sites excluding steroid dienone is 12. The number of phosphoric ester groups is 1. The first kappa shape index (κ1) is 46.9. The highest BCUT2D eigenvalue weighted by Crippen LogP contribution is 2.43. The van der Waals surface area contributed by atoms with E-state index in [0.29, 0.717) is 19.3 Å². The summed E-state index contributed by atoms with van der Waals surface area (Å²) in [5.41, 5.74) is 5.30. The molecule has 2 unspecified atom stereocenters. The van der Waals surface area contributed by atoms with Crippen molar-refractivity contribution in [2.24, 2.45) is 5.73 Å². The maximum absolute atomic E-state index is 12.5. The number of carboxylic acids is 1. The second-order valence-corrected chi connectivity index (χ2v) is 13.2. The van der Waals surface area contributed by atoms with Gasteiger partial charge < -0.3 is 25.2 Å². The van der Waals surface area contributed by atoms with Crippen LogP contribution in [0.5, 0.6) is 0 Å². The molecule has 0 saturated heterocycles. The lowest BCUT2D eigenvalue weighted by atomic mass is 10.1. The van der Waals surface area contributed by atoms with Crippen LogP contribution >= 0.6 is 7.82 Å². The van der Waals surface area contributed by atoms with Crippen LogP contribution in [0.1, 0.15) is 117 Å². The van der Waals surface area contributed by atoms with E-state index in [4.69, 9.17) is 24.8 Å². The van der Waals surface area contributed by atoms with E-state index >= 15 is 0 Å². The Labute approximate surface area is 300 Å². The third-order valence-corrected chi connectivity index (χ3v) is 8.02. The van der Waals surface area contributed by atoms with Crippen molar-refractivity contribution in [1.82, 2.24) is 0 Å². The van der Waals surface area contributed by atoms with Crippen LogP contribution in [-0.2, 0) is 37.5 Å². The number of aliphatic carboxylic acids is 1. The molecule has 0 spiro atoms. The minimum atomic E-state index is -4.73. The first-order chi connectivity index (χ1) is 24.1. The number of rotatable bonds is 32. The Kier molecular flexibility index (Phi) is 31.0. The third kappa shape index (κ3) is 32.1. The number of carbonyl (C=O) groups excluding carboxylic acids is 2. The number of ether oxygens (including phenoxy) is 2. The Hall–Kier alpha value is -3.08. The van der Waals surface area contributed by atoms with Crippen LogP contribution in [0.15, 0.2) is 72.9 Å². The smallest absolute Gasteiger partial charge is 0.472 e. The first-order valence-corrected chi connectivity index (χ1v) is 19.5. The number of esters is 2. The fourth-order valence-electron chi connectivity index (χ4n) is 4.20. The second kappa shape index (κ2) is 33.1. The molecular formula is C38H62NO10P. The van der Waals surface area contributed by atoms with Crippen molar-refractivity contribution in [3.63, 3.8) is 0 Å². The van der Waals surface area contributed by atoms with Gasteiger partial charge in [0.05, 0.1) is 13.2 Å². The molecule has 0 aliphatic heterocycles. The minimum absolute atomic E-state index is 0.0582. The Balaban J connectivity index is 4.65. The molecule has 0 aromatic carbocycles. The van der Waals surface area contributed by atoms with E-state index in [0.717, 1.165) is 32.1 Å². The fourth-order valence-corrected chi connectivity index (χ4v) is 4.98. The third-order valence-electron chi connectivity index (χ3n) is 7.07. The Bertz CT molecular complexity index is 1130. The zero-order valence-corrected chi connectivity index (χ0v) is 31.1. The summed E-state index contributed by atoms with van der Waals surface area (Å²) in [6, 6.07) is -1.54. The van der Waals surface area contributed by atoms with Crippen LogP contribution in [0.2, 0.25) is 0 Å². The van der Waals surface area contributed by atoms with Crippen LogP contribution in [0.3, 0.4) is 0 Å². The molecule has 0 rings (SSSR count). The van der Waals surface area contributed by atoms with E-state index < -0.39 is 51.1 Å². The van der Waals surface area contributed by atoms with Gasteiger partial charge in [-0.2, -0.15) is 0 Å². The van der Waals surface area contributed by atoms with Gasteiger partial charge in [0.2, 0.25) is 0 Å². The van der Waals surface area contributed by atoms with Crippen molar-refractivity contribution in [3.8, 4) is 0 Å². The van der Waals surface area contributed by atoms with Gasteiger partial charge in [0.25, 0.3) is 0 Å². The van der Waals surface area contributed by atoms with E-state index in [1.807, 2.05) is 54.7 Å². The number of carbonyl (C=O) groups is 3. The standard InChI is InChI=1S/C38H62NO10P/c1-3-5-7-9-11-13-15-17-19-21-23-25-27-29-36(40)46-31-34(32-47-50(44,45)48-33-35(39)38(42)43)49-37(41)30-28-26-24-22-20-18-16-14-12-10-8-6-4-2/h6,8,10,12,14,16-20,22,24,34-35H,3-5,7,9,11,13,15,21,23,25-33,39H2,1-2H3,(H,42,43)(H,44,45)/b8-6+,12-10+,16-14+,19-17+,20-18+,24-22+/t34?,35-/m0/s1. The van der Waals surface area contributed by atoms with Gasteiger partial charge in [0.15, 0.2) is 6.10 Å². The molecular weight excluding hydrogens is 661 g/mol. The number of phosphoric acid groups is 1. The molecule has 12 heteroatoms. The molecule has 0 fully saturated rings. The van der Waals surface area contributed by atoms with Gasteiger partial charge >= 0.3 is 25.7 Å². The fraction of sp³-hybridized carbons (Fsp3) is 0.605. The zero-order chi connectivity index (χ0) is 37.1. The van der Waals surface area contributed by atoms with Crippen LogP contribution in [0.4, 0.5) is 0 Å². The largest absolute Gasteiger partial charge is 0.480 e. The highest BCUT2D eigenvalue weighted by Gasteiger charge is 2.28. The average molecular weight is 724 g/mol. The van der Waals surface area contributed by atoms with Gasteiger partial charge in [-0.3, -0.25) is 23.4 Å². The van der Waals surface area contributed by atoms with Crippen molar-refractivity contribution < 1.29 is 47.5 Å². The van der Waals surface area contributed by atoms with Crippen molar-refractivity contribution in [3.05, 3.63) is 72.9 Å². The van der Waals surface area contributed by atoms with Gasteiger partial charge in [-0.25, -0.2) is 4.57 Å². The maximum atomic E-state index is 12.5. The first-order valence-electron chi connectivity index (χ1n) is 18.0. The molecule has 11 nitrogen and oxygen atoms in total. The Morgan fingerprint density at radius 3 is 1.78 bits per heavy atom. The van der Waals surface area contributed by atoms with Crippen molar-refractivity contribution >= 4 is 25.7 Å². The summed E-state index contributed by atoms with van der Waals surface area (Å²) in [5.74, 6) is -2.51. The van der Waals surface area contributed by atoms with E-state index in [1.54, 1.807) is 0 Å². The highest BCUT2D eigenvalue weighted by molar-refractivity contribution is 7.47. The number of hydrogen-bond acceptors (Lipinski definition) is 9. The predicted molar refractivity (Wildman–Crippen MR) is 198 cm³/mol. The molecule has 284 valence electrons. The van der Waals surface area contributed by atoms with E-state index in [9.17, 15) is 23.8 Å². The van der Waals surface area contributed by atoms with E-state index in [1.165, 1.54) is 38.5 Å². The number of nitrogens with two attached hydrogens (primary N) is 1. The summed E-state index contributed by atoms with van der Waals surface area (Å²) in [6.45, 7) is 2.51. The maximum Gasteiger partial charge on any atom is 0.472 e. The average Bonchev–Trinajstić information content (AvgIpc) is 3.09. The molecule has 0 aliphatic carbocycles. The molecule has 0 aliphatic rings. The van der Waals surface area contributed by atoms with Crippen LogP contribution in [0, 0.1) is 0 Å². The summed E-state index contributed by atoms with van der Waals surface area (Å²) in [7, 11) is -4.73. The van der Waals surface area contributed by atoms with Crippen LogP contribution in [0.25, 0.3) is 0 Å². The van der Waals surface area contributed by atoms with E-state index in [2.05, 4.69) is 36.6 Å². The van der Waals surface area contributed by atoms with Gasteiger partial charge in [0, 0.05) is 12.8 Å². The molecule has 4 N–H and O–H groups in total. The van der Waals surface area contributed by atoms with Gasteiger partial charge in [-0.05, 0) is 51.4 Å². The quantitative estimate of drug-likeness (QED) is 0.0199. The zero-order valence-electron chi connectivity index (χ0n) is 30.2. The summed E-state index contributed by atoms with van der Waals surface area (Å²) in [5, 5.41) is 8.84. The van der Waals surface area contributed by atoms with Crippen molar-refractivity contribution in [2.75, 3.05) is 19.8 Å². The van der Waals surface area contributed by atoms with Gasteiger partial charge in [0.1, 0.15) is 12.6 Å². The topological polar surface area (TPSA) is 172 Å². The monoisotopic (exact) mass is 723 g/mol. The number of unbranched alkanes of at least 4 members (excludes halogenated alkanes) is 10. The molecule has 0 heterocycles. The van der Waals surface area contributed by atoms with Crippen LogP contribution < -0.4 is 5.73 Å². The lowest BCUT2D eigenvalue weighted by Gasteiger charge is -2.20. The molecule has 50 heavy (non-hydrogen) atoms. The minimum Gasteiger partial charge on any atom is -0.480 e. The van der Waals surface area contributed by atoms with Crippen molar-refractivity contribution in [2.45, 2.75) is 129 Å². The molecule has 0 saturated carbocycles. The summed E-state index contributed by atoms with van der Waals surface area (Å²) in [6.07, 6.45) is 37.1.